The summed E-state index contributed by atoms with van der Waals surface area (Å²) < 4.78 is 29.2. The average Bonchev–Trinajstić information content (AvgIpc) is 2.68. The normalized spacial score (nSPS) is 11.2. The Morgan fingerprint density at radius 1 is 1.10 bits per heavy atom. The molecule has 3 aromatic rings. The lowest BCUT2D eigenvalue weighted by Gasteiger charge is -2.19. The lowest BCUT2D eigenvalue weighted by molar-refractivity contribution is 0.403. The minimum atomic E-state index is -4.04. The number of hydrogen-bond donors (Lipinski definition) is 3. The average molecular weight is 414 g/mol. The first-order chi connectivity index (χ1) is 13.7. The number of sulfonamides is 1. The molecule has 0 unspecified atom stereocenters. The topological polar surface area (TPSA) is 136 Å². The molecule has 0 aliphatic carbocycles. The third kappa shape index (κ3) is 4.45. The highest BCUT2D eigenvalue weighted by atomic mass is 32.2. The summed E-state index contributed by atoms with van der Waals surface area (Å²) in [5.41, 5.74) is 3.18. The van der Waals surface area contributed by atoms with E-state index in [1.807, 2.05) is 32.0 Å². The number of hydrazine groups is 1. The Labute approximate surface area is 169 Å². The van der Waals surface area contributed by atoms with Gasteiger partial charge < -0.3 is 10.1 Å². The van der Waals surface area contributed by atoms with E-state index in [0.717, 1.165) is 16.8 Å². The molecular formula is C19H22N6O3S. The highest BCUT2D eigenvalue weighted by molar-refractivity contribution is 7.89. The van der Waals surface area contributed by atoms with Crippen LogP contribution in [0.5, 0.6) is 5.75 Å². The zero-order valence-electron chi connectivity index (χ0n) is 16.2. The fourth-order valence-corrected chi connectivity index (χ4v) is 3.59. The summed E-state index contributed by atoms with van der Waals surface area (Å²) in [6.45, 7) is 4.00. The number of rotatable bonds is 6. The highest BCUT2D eigenvalue weighted by Gasteiger charge is 2.20. The minimum absolute atomic E-state index is 0.127. The molecule has 0 amide bonds. The summed E-state index contributed by atoms with van der Waals surface area (Å²) in [6.07, 6.45) is 1.52. The van der Waals surface area contributed by atoms with Crippen LogP contribution in [-0.4, -0.2) is 25.5 Å². The Balaban J connectivity index is 1.96. The van der Waals surface area contributed by atoms with Gasteiger partial charge in [0.1, 0.15) is 16.5 Å². The van der Waals surface area contributed by atoms with E-state index < -0.39 is 10.0 Å². The summed E-state index contributed by atoms with van der Waals surface area (Å²) in [5, 5.41) is 9.66. The van der Waals surface area contributed by atoms with Crippen molar-refractivity contribution in [3.05, 3.63) is 59.8 Å². The van der Waals surface area contributed by atoms with Crippen LogP contribution in [0.1, 0.15) is 11.1 Å². The Morgan fingerprint density at radius 2 is 1.86 bits per heavy atom. The van der Waals surface area contributed by atoms with Crippen molar-refractivity contribution < 1.29 is 13.2 Å². The Bertz CT molecular complexity index is 1150. The summed E-state index contributed by atoms with van der Waals surface area (Å²) in [6, 6.07) is 12.1. The highest BCUT2D eigenvalue weighted by Crippen LogP contribution is 2.32. The first kappa shape index (κ1) is 20.5. The number of nitrogens with two attached hydrogens (primary N) is 2. The monoisotopic (exact) mass is 414 g/mol. The molecule has 5 N–H and O–H groups in total. The molecule has 10 heteroatoms. The lowest BCUT2D eigenvalue weighted by atomic mass is 10.1. The van der Waals surface area contributed by atoms with Gasteiger partial charge in [-0.15, -0.1) is 0 Å². The first-order valence-corrected chi connectivity index (χ1v) is 10.2. The molecule has 1 heterocycles. The number of benzene rings is 2. The van der Waals surface area contributed by atoms with Crippen molar-refractivity contribution in [2.75, 3.05) is 17.4 Å². The Kier molecular flexibility index (Phi) is 5.69. The molecule has 29 heavy (non-hydrogen) atoms. The number of nitrogens with zero attached hydrogens (tertiary/aromatic N) is 3. The van der Waals surface area contributed by atoms with Gasteiger partial charge in [0.25, 0.3) is 0 Å². The molecule has 2 aromatic carbocycles. The van der Waals surface area contributed by atoms with Gasteiger partial charge in [0, 0.05) is 6.20 Å². The third-order valence-electron chi connectivity index (χ3n) is 4.37. The molecule has 0 spiro atoms. The second-order valence-electron chi connectivity index (χ2n) is 6.39. The fourth-order valence-electron chi connectivity index (χ4n) is 2.73. The molecular weight excluding hydrogens is 392 g/mol. The SMILES string of the molecule is COc1cccc(Nc2ccnc(N(N)c3ccc(C)c(C)c3)n2)c1S(N)(=O)=O. The van der Waals surface area contributed by atoms with E-state index in [9.17, 15) is 8.42 Å². The van der Waals surface area contributed by atoms with Crippen LogP contribution in [0.15, 0.2) is 53.6 Å². The number of anilines is 4. The molecule has 3 rings (SSSR count). The fraction of sp³-hybridized carbons (Fsp3) is 0.158. The first-order valence-electron chi connectivity index (χ1n) is 8.62. The number of nitrogens with one attached hydrogen (secondary N) is 1. The van der Waals surface area contributed by atoms with Crippen LogP contribution in [0.25, 0.3) is 0 Å². The zero-order chi connectivity index (χ0) is 21.2. The summed E-state index contributed by atoms with van der Waals surface area (Å²) in [7, 11) is -2.67. The van der Waals surface area contributed by atoms with Crippen molar-refractivity contribution in [2.24, 2.45) is 11.0 Å². The van der Waals surface area contributed by atoms with Gasteiger partial charge in [0.15, 0.2) is 0 Å². The largest absolute Gasteiger partial charge is 0.495 e. The second kappa shape index (κ2) is 8.03. The Morgan fingerprint density at radius 3 is 2.52 bits per heavy atom. The smallest absolute Gasteiger partial charge is 0.246 e. The van der Waals surface area contributed by atoms with Crippen molar-refractivity contribution in [3.8, 4) is 5.75 Å². The van der Waals surface area contributed by atoms with Gasteiger partial charge in [-0.3, -0.25) is 0 Å². The van der Waals surface area contributed by atoms with Gasteiger partial charge >= 0.3 is 0 Å². The van der Waals surface area contributed by atoms with Crippen molar-refractivity contribution >= 4 is 33.2 Å². The van der Waals surface area contributed by atoms with Crippen LogP contribution in [0.4, 0.5) is 23.1 Å². The molecule has 0 atom stereocenters. The van der Waals surface area contributed by atoms with Gasteiger partial charge in [-0.2, -0.15) is 4.98 Å². The van der Waals surface area contributed by atoms with E-state index in [4.69, 9.17) is 15.7 Å². The number of methoxy groups -OCH3 is 1. The van der Waals surface area contributed by atoms with Crippen LogP contribution < -0.4 is 26.0 Å². The standard InChI is InChI=1S/C19H22N6O3S/c1-12-7-8-14(11-13(12)2)25(20)19-22-10-9-17(24-19)23-15-5-4-6-16(28-3)18(15)29(21,26)27/h4-11H,20H2,1-3H3,(H2,21,26,27)(H,22,23,24). The molecule has 0 aliphatic rings. The van der Waals surface area contributed by atoms with Gasteiger partial charge in [-0.1, -0.05) is 12.1 Å². The van der Waals surface area contributed by atoms with Crippen molar-refractivity contribution in [2.45, 2.75) is 18.7 Å². The molecule has 0 radical (unpaired) electrons. The summed E-state index contributed by atoms with van der Waals surface area (Å²) in [4.78, 5) is 8.41. The van der Waals surface area contributed by atoms with Crippen LogP contribution in [-0.2, 0) is 10.0 Å². The molecule has 0 fully saturated rings. The van der Waals surface area contributed by atoms with E-state index in [1.165, 1.54) is 24.4 Å². The van der Waals surface area contributed by atoms with Crippen LogP contribution >= 0.6 is 0 Å². The van der Waals surface area contributed by atoms with Gasteiger partial charge in [-0.05, 0) is 55.3 Å². The maximum absolute atomic E-state index is 12.0. The van der Waals surface area contributed by atoms with Crippen molar-refractivity contribution in [1.29, 1.82) is 0 Å². The third-order valence-corrected chi connectivity index (χ3v) is 5.36. The van der Waals surface area contributed by atoms with Crippen LogP contribution in [0, 0.1) is 13.8 Å². The van der Waals surface area contributed by atoms with Crippen LogP contribution in [0.3, 0.4) is 0 Å². The van der Waals surface area contributed by atoms with E-state index >= 15 is 0 Å². The number of aromatic nitrogens is 2. The minimum Gasteiger partial charge on any atom is -0.495 e. The molecule has 1 aromatic heterocycles. The van der Waals surface area contributed by atoms with Gasteiger partial charge in [-0.25, -0.2) is 29.4 Å². The summed E-state index contributed by atoms with van der Waals surface area (Å²) >= 11 is 0. The quantitative estimate of drug-likeness (QED) is 0.413. The predicted molar refractivity (Wildman–Crippen MR) is 112 cm³/mol. The maximum atomic E-state index is 12.0. The molecule has 9 nitrogen and oxygen atoms in total. The van der Waals surface area contributed by atoms with Crippen LogP contribution in [0.2, 0.25) is 0 Å². The number of primary sulfonamides is 1. The number of ether oxygens (including phenoxy) is 1. The molecule has 152 valence electrons. The van der Waals surface area contributed by atoms with Crippen molar-refractivity contribution in [3.63, 3.8) is 0 Å². The van der Waals surface area contributed by atoms with E-state index in [0.29, 0.717) is 5.82 Å². The summed E-state index contributed by atoms with van der Waals surface area (Å²) in [5.74, 6) is 6.89. The number of hydrogen-bond acceptors (Lipinski definition) is 8. The van der Waals surface area contributed by atoms with E-state index in [1.54, 1.807) is 18.2 Å². The second-order valence-corrected chi connectivity index (χ2v) is 7.89. The molecule has 0 bridgehead atoms. The Hall–Kier alpha value is -3.21. The maximum Gasteiger partial charge on any atom is 0.246 e. The lowest BCUT2D eigenvalue weighted by Crippen LogP contribution is -2.27. The molecule has 0 saturated heterocycles. The van der Waals surface area contributed by atoms with E-state index in [-0.39, 0.29) is 22.3 Å². The molecule has 0 saturated carbocycles. The zero-order valence-corrected chi connectivity index (χ0v) is 17.1. The van der Waals surface area contributed by atoms with Gasteiger partial charge in [0.05, 0.1) is 18.5 Å². The predicted octanol–water partition coefficient (Wildman–Crippen LogP) is 2.50. The number of aryl methyl sites for hydroxylation is 2. The van der Waals surface area contributed by atoms with Crippen molar-refractivity contribution in [1.82, 2.24) is 9.97 Å². The van der Waals surface area contributed by atoms with E-state index in [2.05, 4.69) is 15.3 Å². The molecule has 0 aliphatic heterocycles. The van der Waals surface area contributed by atoms with Gasteiger partial charge in [0.2, 0.25) is 16.0 Å².